The summed E-state index contributed by atoms with van der Waals surface area (Å²) in [5.74, 6) is 0. The van der Waals surface area contributed by atoms with Crippen LogP contribution >= 0.6 is 0 Å². The van der Waals surface area contributed by atoms with Crippen molar-refractivity contribution in [3.63, 3.8) is 0 Å². The molecule has 2 saturated heterocycles. The van der Waals surface area contributed by atoms with Crippen molar-refractivity contribution in [1.29, 1.82) is 0 Å². The van der Waals surface area contributed by atoms with Crippen molar-refractivity contribution in [2.45, 2.75) is 51.1 Å². The molecule has 0 saturated carbocycles. The molecule has 0 bridgehead atoms. The lowest BCUT2D eigenvalue weighted by molar-refractivity contribution is 0.0425. The van der Waals surface area contributed by atoms with Gasteiger partial charge in [0.1, 0.15) is 6.10 Å². The second-order valence-electron chi connectivity index (χ2n) is 4.44. The van der Waals surface area contributed by atoms with Gasteiger partial charge in [-0.1, -0.05) is 12.2 Å². The average Bonchev–Trinajstić information content (AvgIpc) is 2.98. The Morgan fingerprint density at radius 3 is 2.33 bits per heavy atom. The molecular weight excluding hydrogens is 192 g/mol. The predicted molar refractivity (Wildman–Crippen MR) is 57.9 cm³/mol. The molecule has 4 atom stereocenters. The fourth-order valence-corrected chi connectivity index (χ4v) is 1.83. The van der Waals surface area contributed by atoms with Crippen molar-refractivity contribution in [3.05, 3.63) is 12.2 Å². The molecule has 3 rings (SSSR count). The molecule has 2 fully saturated rings. The maximum atomic E-state index is 5.31. The summed E-state index contributed by atoms with van der Waals surface area (Å²) < 4.78 is 15.7. The van der Waals surface area contributed by atoms with Gasteiger partial charge in [0, 0.05) is 6.42 Å². The first-order chi connectivity index (χ1) is 7.25. The Kier molecular flexibility index (Phi) is 3.78. The largest absolute Gasteiger partial charge is 0.376 e. The minimum atomic E-state index is 0.429. The number of hydrogen-bond acceptors (Lipinski definition) is 3. The fourth-order valence-electron chi connectivity index (χ4n) is 1.83. The molecule has 0 spiro atoms. The van der Waals surface area contributed by atoms with Crippen LogP contribution in [0.1, 0.15) is 26.7 Å². The third-order valence-corrected chi connectivity index (χ3v) is 2.91. The summed E-state index contributed by atoms with van der Waals surface area (Å²) in [7, 11) is 0. The van der Waals surface area contributed by atoms with Crippen LogP contribution < -0.4 is 0 Å². The Balaban J connectivity index is 0.000000115. The second kappa shape index (κ2) is 5.10. The summed E-state index contributed by atoms with van der Waals surface area (Å²) in [5.41, 5.74) is 0. The van der Waals surface area contributed by atoms with Crippen molar-refractivity contribution in [3.8, 4) is 0 Å². The molecule has 0 aliphatic carbocycles. The third kappa shape index (κ3) is 3.59. The predicted octanol–water partition coefficient (Wildman–Crippen LogP) is 1.91. The van der Waals surface area contributed by atoms with Crippen molar-refractivity contribution in [1.82, 2.24) is 0 Å². The zero-order valence-electron chi connectivity index (χ0n) is 9.52. The van der Waals surface area contributed by atoms with Gasteiger partial charge in [-0.3, -0.25) is 0 Å². The normalized spacial score (nSPS) is 42.5. The topological polar surface area (TPSA) is 31.0 Å². The van der Waals surface area contributed by atoms with E-state index in [1.165, 1.54) is 0 Å². The van der Waals surface area contributed by atoms with Crippen molar-refractivity contribution in [2.24, 2.45) is 0 Å². The maximum absolute atomic E-state index is 5.31. The van der Waals surface area contributed by atoms with Crippen LogP contribution in [0.25, 0.3) is 0 Å². The van der Waals surface area contributed by atoms with Gasteiger partial charge in [0.25, 0.3) is 0 Å². The van der Waals surface area contributed by atoms with Crippen molar-refractivity contribution in [2.75, 3.05) is 13.2 Å². The first-order valence-electron chi connectivity index (χ1n) is 5.79. The molecule has 86 valence electrons. The maximum Gasteiger partial charge on any atom is 0.108 e. The van der Waals surface area contributed by atoms with E-state index in [-0.39, 0.29) is 0 Å². The van der Waals surface area contributed by atoms with Crippen LogP contribution in [-0.2, 0) is 14.2 Å². The zero-order valence-corrected chi connectivity index (χ0v) is 9.52. The highest BCUT2D eigenvalue weighted by Gasteiger charge is 2.43. The van der Waals surface area contributed by atoms with E-state index in [0.29, 0.717) is 24.4 Å². The molecule has 3 heteroatoms. The van der Waals surface area contributed by atoms with E-state index in [2.05, 4.69) is 26.0 Å². The Morgan fingerprint density at radius 1 is 1.00 bits per heavy atom. The zero-order chi connectivity index (χ0) is 10.7. The molecule has 0 radical (unpaired) electrons. The lowest BCUT2D eigenvalue weighted by atomic mass is 10.1. The monoisotopic (exact) mass is 212 g/mol. The first-order valence-corrected chi connectivity index (χ1v) is 5.79. The first kappa shape index (κ1) is 11.1. The van der Waals surface area contributed by atoms with E-state index >= 15 is 0 Å². The summed E-state index contributed by atoms with van der Waals surface area (Å²) in [4.78, 5) is 0. The fraction of sp³-hybridized carbons (Fsp3) is 0.833. The van der Waals surface area contributed by atoms with Crippen molar-refractivity contribution >= 4 is 0 Å². The number of fused-ring (bicyclic) bond motifs is 1. The molecule has 0 aromatic heterocycles. The molecule has 3 nitrogen and oxygen atoms in total. The van der Waals surface area contributed by atoms with Crippen LogP contribution in [-0.4, -0.2) is 37.6 Å². The lowest BCUT2D eigenvalue weighted by Crippen LogP contribution is -2.21. The molecule has 3 aliphatic rings. The van der Waals surface area contributed by atoms with E-state index in [0.717, 1.165) is 26.1 Å². The Morgan fingerprint density at radius 2 is 1.87 bits per heavy atom. The van der Waals surface area contributed by atoms with Crippen molar-refractivity contribution < 1.29 is 14.2 Å². The minimum Gasteiger partial charge on any atom is -0.376 e. The van der Waals surface area contributed by atoms with Crippen LogP contribution in [0.5, 0.6) is 0 Å². The average molecular weight is 212 g/mol. The van der Waals surface area contributed by atoms with Gasteiger partial charge in [-0.05, 0) is 20.3 Å². The lowest BCUT2D eigenvalue weighted by Gasteiger charge is -2.13. The molecular formula is C12H20O3. The smallest absolute Gasteiger partial charge is 0.108 e. The highest BCUT2D eigenvalue weighted by Crippen LogP contribution is 2.31. The van der Waals surface area contributed by atoms with Crippen LogP contribution in [0.2, 0.25) is 0 Å². The van der Waals surface area contributed by atoms with Gasteiger partial charge in [0.15, 0.2) is 0 Å². The summed E-state index contributed by atoms with van der Waals surface area (Å²) in [6.45, 7) is 5.81. The quantitative estimate of drug-likeness (QED) is 0.454. The third-order valence-electron chi connectivity index (χ3n) is 2.91. The highest BCUT2D eigenvalue weighted by molar-refractivity contribution is 4.89. The molecule has 0 aromatic carbocycles. The Labute approximate surface area is 91.4 Å². The van der Waals surface area contributed by atoms with Gasteiger partial charge in [-0.15, -0.1) is 0 Å². The van der Waals surface area contributed by atoms with Crippen LogP contribution in [0, 0.1) is 0 Å². The SMILES string of the molecule is C[C@H]1CC2OC2CO1.C[C@H]1CC=CCO1. The van der Waals surface area contributed by atoms with Gasteiger partial charge < -0.3 is 14.2 Å². The molecule has 3 aliphatic heterocycles. The van der Waals surface area contributed by atoms with Gasteiger partial charge in [0.2, 0.25) is 0 Å². The Hall–Kier alpha value is -0.380. The van der Waals surface area contributed by atoms with Gasteiger partial charge >= 0.3 is 0 Å². The van der Waals surface area contributed by atoms with Crippen LogP contribution in [0.15, 0.2) is 12.2 Å². The second-order valence-corrected chi connectivity index (χ2v) is 4.44. The highest BCUT2D eigenvalue weighted by atomic mass is 16.6. The van der Waals surface area contributed by atoms with E-state index in [1.54, 1.807) is 0 Å². The summed E-state index contributed by atoms with van der Waals surface area (Å²) in [6, 6.07) is 0. The molecule has 0 N–H and O–H groups in total. The van der Waals surface area contributed by atoms with E-state index in [9.17, 15) is 0 Å². The van der Waals surface area contributed by atoms with Gasteiger partial charge in [-0.2, -0.15) is 0 Å². The standard InChI is InChI=1S/C6H10O2.C6H10O/c1-4-2-5-6(8-5)3-7-4;1-6-4-2-3-5-7-6/h4-6H,2-3H2,1H3;2-3,6H,4-5H2,1H3/t4-,5?,6?;6-/m00/s1. The molecule has 0 aromatic rings. The number of hydrogen-bond donors (Lipinski definition) is 0. The molecule has 15 heavy (non-hydrogen) atoms. The Bertz CT molecular complexity index is 227. The number of ether oxygens (including phenoxy) is 3. The summed E-state index contributed by atoms with van der Waals surface area (Å²) in [5, 5.41) is 0. The van der Waals surface area contributed by atoms with Crippen LogP contribution in [0.3, 0.4) is 0 Å². The summed E-state index contributed by atoms with van der Waals surface area (Å²) in [6.07, 6.45) is 8.30. The van der Waals surface area contributed by atoms with E-state index < -0.39 is 0 Å². The number of epoxide rings is 1. The van der Waals surface area contributed by atoms with Gasteiger partial charge in [0.05, 0.1) is 31.5 Å². The van der Waals surface area contributed by atoms with E-state index in [4.69, 9.17) is 14.2 Å². The van der Waals surface area contributed by atoms with Gasteiger partial charge in [-0.25, -0.2) is 0 Å². The van der Waals surface area contributed by atoms with E-state index in [1.807, 2.05) is 0 Å². The number of rotatable bonds is 0. The minimum absolute atomic E-state index is 0.429. The molecule has 2 unspecified atom stereocenters. The van der Waals surface area contributed by atoms with Crippen LogP contribution in [0.4, 0.5) is 0 Å². The molecule has 3 heterocycles. The molecule has 0 amide bonds. The summed E-state index contributed by atoms with van der Waals surface area (Å²) >= 11 is 0.